The van der Waals surface area contributed by atoms with Crippen molar-refractivity contribution in [1.29, 1.82) is 0 Å². The molecule has 1 heterocycles. The Hall–Kier alpha value is -1.97. The van der Waals surface area contributed by atoms with Gasteiger partial charge < -0.3 is 10.8 Å². The molecule has 1 aromatic heterocycles. The van der Waals surface area contributed by atoms with Gasteiger partial charge in [-0.2, -0.15) is 5.10 Å². The molecule has 1 aromatic carbocycles. The molecule has 0 aliphatic carbocycles. The van der Waals surface area contributed by atoms with Crippen molar-refractivity contribution in [3.05, 3.63) is 29.8 Å². The molecule has 3 N–H and O–H groups in total. The molecule has 0 spiro atoms. The zero-order valence-corrected chi connectivity index (χ0v) is 8.73. The number of anilines is 1. The van der Waals surface area contributed by atoms with Crippen LogP contribution in [0.3, 0.4) is 0 Å². The molecule has 4 heteroatoms. The van der Waals surface area contributed by atoms with E-state index in [1.165, 1.54) is 10.2 Å². The second kappa shape index (κ2) is 3.31. The van der Waals surface area contributed by atoms with E-state index in [1.807, 2.05) is 31.2 Å². The van der Waals surface area contributed by atoms with Gasteiger partial charge in [0.05, 0.1) is 5.56 Å². The second-order valence-corrected chi connectivity index (χ2v) is 3.57. The molecule has 15 heavy (non-hydrogen) atoms. The van der Waals surface area contributed by atoms with Gasteiger partial charge in [-0.1, -0.05) is 29.8 Å². The van der Waals surface area contributed by atoms with Gasteiger partial charge in [0.25, 0.3) is 0 Å². The maximum atomic E-state index is 9.76. The van der Waals surface area contributed by atoms with Crippen molar-refractivity contribution in [2.45, 2.75) is 6.92 Å². The van der Waals surface area contributed by atoms with E-state index in [1.54, 1.807) is 7.05 Å². The van der Waals surface area contributed by atoms with Gasteiger partial charge in [0.15, 0.2) is 5.82 Å². The van der Waals surface area contributed by atoms with Crippen LogP contribution in [0.25, 0.3) is 11.1 Å². The van der Waals surface area contributed by atoms with Crippen LogP contribution in [0.1, 0.15) is 5.56 Å². The highest BCUT2D eigenvalue weighted by Gasteiger charge is 2.14. The minimum atomic E-state index is 0.0938. The third kappa shape index (κ3) is 1.54. The predicted octanol–water partition coefficient (Wildman–Crippen LogP) is 1.68. The molecular formula is C11H13N3O. The molecule has 0 bridgehead atoms. The van der Waals surface area contributed by atoms with Crippen molar-refractivity contribution in [1.82, 2.24) is 9.78 Å². The molecule has 2 aromatic rings. The summed E-state index contributed by atoms with van der Waals surface area (Å²) in [6.07, 6.45) is 0. The van der Waals surface area contributed by atoms with Crippen molar-refractivity contribution in [2.24, 2.45) is 7.05 Å². The zero-order valence-electron chi connectivity index (χ0n) is 8.73. The van der Waals surface area contributed by atoms with Crippen LogP contribution in [0.4, 0.5) is 5.82 Å². The Bertz CT molecular complexity index is 485. The SMILES string of the molecule is Cc1ccc(-c2c(N)nn(C)c2O)cc1. The highest BCUT2D eigenvalue weighted by Crippen LogP contribution is 2.33. The second-order valence-electron chi connectivity index (χ2n) is 3.57. The first-order chi connectivity index (χ1) is 7.09. The van der Waals surface area contributed by atoms with Gasteiger partial charge >= 0.3 is 0 Å². The number of hydrogen-bond donors (Lipinski definition) is 2. The number of aromatic nitrogens is 2. The fraction of sp³-hybridized carbons (Fsp3) is 0.182. The molecule has 0 atom stereocenters. The maximum absolute atomic E-state index is 9.76. The van der Waals surface area contributed by atoms with E-state index in [0.29, 0.717) is 11.4 Å². The summed E-state index contributed by atoms with van der Waals surface area (Å²) in [6, 6.07) is 7.78. The molecule has 0 fully saturated rings. The van der Waals surface area contributed by atoms with Crippen LogP contribution in [0.15, 0.2) is 24.3 Å². The highest BCUT2D eigenvalue weighted by atomic mass is 16.3. The van der Waals surface area contributed by atoms with Crippen LogP contribution < -0.4 is 5.73 Å². The van der Waals surface area contributed by atoms with Crippen LogP contribution >= 0.6 is 0 Å². The first kappa shape index (κ1) is 9.58. The number of nitrogens with zero attached hydrogens (tertiary/aromatic N) is 2. The van der Waals surface area contributed by atoms with Gasteiger partial charge in [0.2, 0.25) is 5.88 Å². The summed E-state index contributed by atoms with van der Waals surface area (Å²) in [5.41, 5.74) is 8.36. The Morgan fingerprint density at radius 2 is 1.87 bits per heavy atom. The fourth-order valence-electron chi connectivity index (χ4n) is 1.53. The summed E-state index contributed by atoms with van der Waals surface area (Å²) in [4.78, 5) is 0. The normalized spacial score (nSPS) is 10.5. The third-order valence-corrected chi connectivity index (χ3v) is 2.38. The Balaban J connectivity index is 2.58. The molecule has 4 nitrogen and oxygen atoms in total. The standard InChI is InChI=1S/C11H13N3O/c1-7-3-5-8(6-4-7)9-10(12)13-14(2)11(9)15/h3-6,15H,1-2H3,(H2,12,13). The maximum Gasteiger partial charge on any atom is 0.219 e. The number of aryl methyl sites for hydroxylation is 2. The lowest BCUT2D eigenvalue weighted by Crippen LogP contribution is -1.91. The van der Waals surface area contributed by atoms with E-state index in [9.17, 15) is 5.11 Å². The Morgan fingerprint density at radius 3 is 2.33 bits per heavy atom. The zero-order chi connectivity index (χ0) is 11.0. The van der Waals surface area contributed by atoms with Gasteiger partial charge in [0, 0.05) is 7.05 Å². The van der Waals surface area contributed by atoms with Gasteiger partial charge in [0.1, 0.15) is 0 Å². The van der Waals surface area contributed by atoms with Crippen molar-refractivity contribution < 1.29 is 5.11 Å². The number of nitrogen functional groups attached to an aromatic ring is 1. The topological polar surface area (TPSA) is 64.1 Å². The summed E-state index contributed by atoms with van der Waals surface area (Å²) in [5.74, 6) is 0.440. The minimum absolute atomic E-state index is 0.0938. The van der Waals surface area contributed by atoms with Crippen LogP contribution in [0.2, 0.25) is 0 Å². The Labute approximate surface area is 88.0 Å². The quantitative estimate of drug-likeness (QED) is 0.741. The largest absolute Gasteiger partial charge is 0.493 e. The molecule has 0 aliphatic rings. The molecule has 2 rings (SSSR count). The van der Waals surface area contributed by atoms with Crippen molar-refractivity contribution in [3.8, 4) is 17.0 Å². The van der Waals surface area contributed by atoms with Crippen molar-refractivity contribution >= 4 is 5.82 Å². The summed E-state index contributed by atoms with van der Waals surface area (Å²) >= 11 is 0. The van der Waals surface area contributed by atoms with Gasteiger partial charge in [-0.15, -0.1) is 0 Å². The molecule has 0 unspecified atom stereocenters. The van der Waals surface area contributed by atoms with E-state index in [-0.39, 0.29) is 5.88 Å². The van der Waals surface area contributed by atoms with E-state index < -0.39 is 0 Å². The molecule has 0 amide bonds. The summed E-state index contributed by atoms with van der Waals surface area (Å²) in [5, 5.41) is 13.7. The third-order valence-electron chi connectivity index (χ3n) is 2.38. The molecule has 0 saturated heterocycles. The molecule has 0 aliphatic heterocycles. The smallest absolute Gasteiger partial charge is 0.219 e. The van der Waals surface area contributed by atoms with E-state index in [0.717, 1.165) is 5.56 Å². The number of aromatic hydroxyl groups is 1. The van der Waals surface area contributed by atoms with E-state index >= 15 is 0 Å². The predicted molar refractivity (Wildman–Crippen MR) is 59.5 cm³/mol. The van der Waals surface area contributed by atoms with Crippen LogP contribution in [0.5, 0.6) is 5.88 Å². The van der Waals surface area contributed by atoms with Gasteiger partial charge in [-0.05, 0) is 12.5 Å². The number of rotatable bonds is 1. The first-order valence-corrected chi connectivity index (χ1v) is 4.68. The molecule has 78 valence electrons. The number of hydrogen-bond acceptors (Lipinski definition) is 3. The summed E-state index contributed by atoms with van der Waals surface area (Å²) in [6.45, 7) is 2.01. The Kier molecular flexibility index (Phi) is 2.11. The lowest BCUT2D eigenvalue weighted by molar-refractivity contribution is 0.421. The van der Waals surface area contributed by atoms with Crippen molar-refractivity contribution in [3.63, 3.8) is 0 Å². The lowest BCUT2D eigenvalue weighted by Gasteiger charge is -2.01. The average Bonchev–Trinajstić information content (AvgIpc) is 2.44. The minimum Gasteiger partial charge on any atom is -0.493 e. The van der Waals surface area contributed by atoms with Crippen LogP contribution in [-0.4, -0.2) is 14.9 Å². The van der Waals surface area contributed by atoms with Crippen molar-refractivity contribution in [2.75, 3.05) is 5.73 Å². The number of benzene rings is 1. The molecule has 0 radical (unpaired) electrons. The Morgan fingerprint density at radius 1 is 1.27 bits per heavy atom. The van der Waals surface area contributed by atoms with E-state index in [2.05, 4.69) is 5.10 Å². The van der Waals surface area contributed by atoms with E-state index in [4.69, 9.17) is 5.73 Å². The molecular weight excluding hydrogens is 190 g/mol. The fourth-order valence-corrected chi connectivity index (χ4v) is 1.53. The first-order valence-electron chi connectivity index (χ1n) is 4.68. The van der Waals surface area contributed by atoms with Crippen LogP contribution in [0, 0.1) is 6.92 Å². The highest BCUT2D eigenvalue weighted by molar-refractivity contribution is 5.78. The molecule has 0 saturated carbocycles. The van der Waals surface area contributed by atoms with Gasteiger partial charge in [-0.3, -0.25) is 0 Å². The summed E-state index contributed by atoms with van der Waals surface area (Å²) < 4.78 is 1.37. The summed E-state index contributed by atoms with van der Waals surface area (Å²) in [7, 11) is 1.66. The monoisotopic (exact) mass is 203 g/mol. The van der Waals surface area contributed by atoms with Crippen LogP contribution in [-0.2, 0) is 7.05 Å². The number of nitrogens with two attached hydrogens (primary N) is 1. The lowest BCUT2D eigenvalue weighted by atomic mass is 10.1. The van der Waals surface area contributed by atoms with Gasteiger partial charge in [-0.25, -0.2) is 4.68 Å². The average molecular weight is 203 g/mol.